The summed E-state index contributed by atoms with van der Waals surface area (Å²) in [4.78, 5) is 14.4. The molecule has 0 amide bonds. The first-order valence-corrected chi connectivity index (χ1v) is 5.18. The summed E-state index contributed by atoms with van der Waals surface area (Å²) in [7, 11) is 0. The van der Waals surface area contributed by atoms with Gasteiger partial charge in [0.2, 0.25) is 0 Å². The van der Waals surface area contributed by atoms with Gasteiger partial charge in [-0.2, -0.15) is 5.10 Å². The third-order valence-electron chi connectivity index (χ3n) is 2.23. The minimum absolute atomic E-state index is 0.0276. The third kappa shape index (κ3) is 2.60. The minimum Gasteiger partial charge on any atom is -0.477 e. The van der Waals surface area contributed by atoms with Crippen molar-refractivity contribution in [2.45, 2.75) is 13.5 Å². The van der Waals surface area contributed by atoms with Crippen molar-refractivity contribution >= 4 is 17.3 Å². The Morgan fingerprint density at radius 3 is 2.76 bits per heavy atom. The maximum Gasteiger partial charge on any atom is 0.354 e. The quantitative estimate of drug-likeness (QED) is 0.839. The van der Waals surface area contributed by atoms with E-state index in [0.717, 1.165) is 17.9 Å². The standard InChI is InChI=1S/C11H12N4O2/c1-2-15-7-9(6-13-15)14-8-3-4-10(11(16)17)12-5-8/h3-7,14H,2H2,1H3,(H,16,17). The van der Waals surface area contributed by atoms with E-state index in [1.807, 2.05) is 13.1 Å². The second-order valence-corrected chi connectivity index (χ2v) is 3.45. The molecular weight excluding hydrogens is 220 g/mol. The Kier molecular flexibility index (Phi) is 3.04. The second kappa shape index (κ2) is 4.65. The molecule has 0 radical (unpaired) electrons. The van der Waals surface area contributed by atoms with Crippen LogP contribution in [0.25, 0.3) is 0 Å². The first kappa shape index (κ1) is 11.1. The largest absolute Gasteiger partial charge is 0.477 e. The van der Waals surface area contributed by atoms with E-state index in [2.05, 4.69) is 15.4 Å². The van der Waals surface area contributed by atoms with Crippen molar-refractivity contribution in [1.82, 2.24) is 14.8 Å². The maximum atomic E-state index is 10.6. The van der Waals surface area contributed by atoms with Crippen molar-refractivity contribution in [3.05, 3.63) is 36.4 Å². The van der Waals surface area contributed by atoms with Crippen molar-refractivity contribution in [2.75, 3.05) is 5.32 Å². The molecule has 0 bridgehead atoms. The van der Waals surface area contributed by atoms with E-state index in [-0.39, 0.29) is 5.69 Å². The van der Waals surface area contributed by atoms with Crippen LogP contribution in [0.2, 0.25) is 0 Å². The highest BCUT2D eigenvalue weighted by Gasteiger charge is 2.04. The molecule has 2 heterocycles. The van der Waals surface area contributed by atoms with Gasteiger partial charge in [0.05, 0.1) is 23.8 Å². The van der Waals surface area contributed by atoms with Crippen LogP contribution in [0.15, 0.2) is 30.7 Å². The minimum atomic E-state index is -1.03. The van der Waals surface area contributed by atoms with Gasteiger partial charge < -0.3 is 10.4 Å². The zero-order valence-corrected chi connectivity index (χ0v) is 9.29. The summed E-state index contributed by atoms with van der Waals surface area (Å²) >= 11 is 0. The van der Waals surface area contributed by atoms with Crippen LogP contribution in [-0.4, -0.2) is 25.8 Å². The lowest BCUT2D eigenvalue weighted by Crippen LogP contribution is -2.00. The van der Waals surface area contributed by atoms with Crippen molar-refractivity contribution in [3.8, 4) is 0 Å². The van der Waals surface area contributed by atoms with E-state index in [0.29, 0.717) is 0 Å². The van der Waals surface area contributed by atoms with Gasteiger partial charge in [-0.1, -0.05) is 0 Å². The molecule has 0 saturated carbocycles. The average molecular weight is 232 g/mol. The van der Waals surface area contributed by atoms with Gasteiger partial charge in [-0.15, -0.1) is 0 Å². The molecule has 0 saturated heterocycles. The number of aromatic nitrogens is 3. The van der Waals surface area contributed by atoms with Gasteiger partial charge in [0.25, 0.3) is 0 Å². The summed E-state index contributed by atoms with van der Waals surface area (Å²) in [6.45, 7) is 2.80. The highest BCUT2D eigenvalue weighted by molar-refractivity contribution is 5.85. The van der Waals surface area contributed by atoms with Crippen molar-refractivity contribution in [2.24, 2.45) is 0 Å². The Morgan fingerprint density at radius 2 is 2.24 bits per heavy atom. The number of carboxylic acid groups (broad SMARTS) is 1. The van der Waals surface area contributed by atoms with Gasteiger partial charge in [-0.3, -0.25) is 4.68 Å². The van der Waals surface area contributed by atoms with Crippen LogP contribution in [0.1, 0.15) is 17.4 Å². The molecule has 0 spiro atoms. The SMILES string of the molecule is CCn1cc(Nc2ccc(C(=O)O)nc2)cn1. The number of anilines is 2. The van der Waals surface area contributed by atoms with E-state index >= 15 is 0 Å². The van der Waals surface area contributed by atoms with E-state index in [9.17, 15) is 4.79 Å². The molecule has 2 aromatic heterocycles. The van der Waals surface area contributed by atoms with Gasteiger partial charge >= 0.3 is 5.97 Å². The first-order valence-electron chi connectivity index (χ1n) is 5.18. The molecule has 0 aliphatic carbocycles. The lowest BCUT2D eigenvalue weighted by molar-refractivity contribution is 0.0690. The molecule has 2 rings (SSSR count). The summed E-state index contributed by atoms with van der Waals surface area (Å²) in [6.07, 6.45) is 5.05. The number of hydrogen-bond acceptors (Lipinski definition) is 4. The van der Waals surface area contributed by atoms with E-state index in [4.69, 9.17) is 5.11 Å². The number of carboxylic acids is 1. The number of carbonyl (C=O) groups is 1. The van der Waals surface area contributed by atoms with Gasteiger partial charge in [-0.25, -0.2) is 9.78 Å². The Bertz CT molecular complexity index is 519. The van der Waals surface area contributed by atoms with Crippen LogP contribution < -0.4 is 5.32 Å². The zero-order chi connectivity index (χ0) is 12.3. The highest BCUT2D eigenvalue weighted by atomic mass is 16.4. The topological polar surface area (TPSA) is 80.0 Å². The summed E-state index contributed by atoms with van der Waals surface area (Å²) < 4.78 is 1.79. The van der Waals surface area contributed by atoms with Gasteiger partial charge in [0, 0.05) is 12.7 Å². The second-order valence-electron chi connectivity index (χ2n) is 3.45. The molecule has 0 aliphatic heterocycles. The predicted molar refractivity (Wildman–Crippen MR) is 62.4 cm³/mol. The number of aryl methyl sites for hydroxylation is 1. The van der Waals surface area contributed by atoms with Crippen LogP contribution in [0.3, 0.4) is 0 Å². The lowest BCUT2D eigenvalue weighted by Gasteiger charge is -2.02. The first-order chi connectivity index (χ1) is 8.19. The van der Waals surface area contributed by atoms with Crippen molar-refractivity contribution in [1.29, 1.82) is 0 Å². The fourth-order valence-corrected chi connectivity index (χ4v) is 1.36. The van der Waals surface area contributed by atoms with Crippen molar-refractivity contribution in [3.63, 3.8) is 0 Å². The van der Waals surface area contributed by atoms with E-state index in [1.54, 1.807) is 16.9 Å². The van der Waals surface area contributed by atoms with E-state index in [1.165, 1.54) is 12.3 Å². The summed E-state index contributed by atoms with van der Waals surface area (Å²) in [5.41, 5.74) is 1.60. The fraction of sp³-hybridized carbons (Fsp3) is 0.182. The maximum absolute atomic E-state index is 10.6. The van der Waals surface area contributed by atoms with Crippen LogP contribution in [-0.2, 0) is 6.54 Å². The summed E-state index contributed by atoms with van der Waals surface area (Å²) in [6, 6.07) is 3.12. The molecule has 6 nitrogen and oxygen atoms in total. The number of pyridine rings is 1. The van der Waals surface area contributed by atoms with Crippen molar-refractivity contribution < 1.29 is 9.90 Å². The Labute approximate surface area is 97.9 Å². The Hall–Kier alpha value is -2.37. The number of rotatable bonds is 4. The molecule has 0 atom stereocenters. The average Bonchev–Trinajstić information content (AvgIpc) is 2.77. The zero-order valence-electron chi connectivity index (χ0n) is 9.29. The van der Waals surface area contributed by atoms with E-state index < -0.39 is 5.97 Å². The third-order valence-corrected chi connectivity index (χ3v) is 2.23. The van der Waals surface area contributed by atoms with Crippen LogP contribution in [0.4, 0.5) is 11.4 Å². The summed E-state index contributed by atoms with van der Waals surface area (Å²) in [5.74, 6) is -1.03. The molecule has 2 aromatic rings. The Balaban J connectivity index is 2.10. The number of nitrogens with one attached hydrogen (secondary N) is 1. The molecule has 2 N–H and O–H groups in total. The lowest BCUT2D eigenvalue weighted by atomic mass is 10.3. The molecule has 17 heavy (non-hydrogen) atoms. The van der Waals surface area contributed by atoms with Crippen LogP contribution in [0, 0.1) is 0 Å². The molecule has 0 aliphatic rings. The number of aromatic carboxylic acids is 1. The molecular formula is C11H12N4O2. The molecule has 6 heteroatoms. The molecule has 0 aromatic carbocycles. The van der Waals surface area contributed by atoms with Crippen LogP contribution >= 0.6 is 0 Å². The normalized spacial score (nSPS) is 10.2. The smallest absolute Gasteiger partial charge is 0.354 e. The fourth-order valence-electron chi connectivity index (χ4n) is 1.36. The Morgan fingerprint density at radius 1 is 1.41 bits per heavy atom. The van der Waals surface area contributed by atoms with Gasteiger partial charge in [0.15, 0.2) is 0 Å². The number of nitrogens with zero attached hydrogens (tertiary/aromatic N) is 3. The molecule has 0 unspecified atom stereocenters. The molecule has 88 valence electrons. The predicted octanol–water partition coefficient (Wildman–Crippen LogP) is 1.74. The summed E-state index contributed by atoms with van der Waals surface area (Å²) in [5, 5.41) is 15.9. The van der Waals surface area contributed by atoms with Gasteiger partial charge in [-0.05, 0) is 19.1 Å². The van der Waals surface area contributed by atoms with Gasteiger partial charge in [0.1, 0.15) is 5.69 Å². The van der Waals surface area contributed by atoms with Crippen LogP contribution in [0.5, 0.6) is 0 Å². The highest BCUT2D eigenvalue weighted by Crippen LogP contribution is 2.14. The monoisotopic (exact) mass is 232 g/mol. The molecule has 0 fully saturated rings. The number of hydrogen-bond donors (Lipinski definition) is 2.